The molecule has 0 saturated carbocycles. The zero-order valence-corrected chi connectivity index (χ0v) is 23.3. The lowest BCUT2D eigenvalue weighted by Gasteiger charge is -2.17. The molecule has 0 bridgehead atoms. The fraction of sp³-hybridized carbons (Fsp3) is 0.0714. The van der Waals surface area contributed by atoms with Gasteiger partial charge in [0.15, 0.2) is 5.75 Å². The molecule has 4 aromatic carbocycles. The molecule has 15 heteroatoms. The van der Waals surface area contributed by atoms with Gasteiger partial charge in [-0.3, -0.25) is 4.79 Å². The molecule has 0 unspecified atom stereocenters. The molecule has 0 spiro atoms. The van der Waals surface area contributed by atoms with Gasteiger partial charge in [-0.1, -0.05) is 35.3 Å². The average Bonchev–Trinajstić information content (AvgIpc) is 2.91. The summed E-state index contributed by atoms with van der Waals surface area (Å²) in [7, 11) is 0. The maximum absolute atomic E-state index is 13.9. The molecule has 0 fully saturated rings. The van der Waals surface area contributed by atoms with Crippen LogP contribution in [0.4, 0.5) is 32.0 Å². The van der Waals surface area contributed by atoms with Gasteiger partial charge < -0.3 is 19.9 Å². The Balaban J connectivity index is 1.57. The molecule has 0 heterocycles. The zero-order chi connectivity index (χ0) is 31.5. The summed E-state index contributed by atoms with van der Waals surface area (Å²) < 4.78 is 89.8. The van der Waals surface area contributed by atoms with Gasteiger partial charge in [-0.05, 0) is 78.5 Å². The van der Waals surface area contributed by atoms with Gasteiger partial charge in [-0.2, -0.15) is 26.3 Å². The van der Waals surface area contributed by atoms with E-state index < -0.39 is 58.1 Å². The molecular weight excluding hydrogens is 647 g/mol. The first-order chi connectivity index (χ1) is 20.1. The topological polar surface area (TPSA) is 84.9 Å². The van der Waals surface area contributed by atoms with Crippen LogP contribution in [0.2, 0.25) is 10.0 Å². The van der Waals surface area contributed by atoms with Crippen molar-refractivity contribution in [3.05, 3.63) is 106 Å². The van der Waals surface area contributed by atoms with Crippen LogP contribution in [0.1, 0.15) is 26.3 Å². The molecule has 0 aromatic heterocycles. The second kappa shape index (κ2) is 12.7. The van der Waals surface area contributed by atoms with Crippen molar-refractivity contribution in [2.75, 3.05) is 5.32 Å². The Kier molecular flexibility index (Phi) is 9.38. The van der Waals surface area contributed by atoms with Crippen LogP contribution in [-0.4, -0.2) is 22.5 Å². The van der Waals surface area contributed by atoms with E-state index in [4.69, 9.17) is 32.7 Å². The van der Waals surface area contributed by atoms with E-state index in [2.05, 4.69) is 5.32 Å². The minimum absolute atomic E-state index is 0.142. The molecule has 224 valence electrons. The standard InChI is InChI=1S/C28H15Cl2F6NO5S/c29-20-5-1-3-17(23(20)38)26(40)42-24-18(4-2-6-21(24)30)25(39)37-14-7-12-22(19(13-14)27(31,32)33)41-15-8-10-16(11-9-15)43-28(34,35)36/h1-13,38H,(H,37,39). The van der Waals surface area contributed by atoms with Crippen molar-refractivity contribution in [2.24, 2.45) is 0 Å². The Morgan fingerprint density at radius 3 is 2.07 bits per heavy atom. The predicted octanol–water partition coefficient (Wildman–Crippen LogP) is 9.59. The number of phenols is 1. The Morgan fingerprint density at radius 1 is 0.814 bits per heavy atom. The molecule has 0 atom stereocenters. The van der Waals surface area contributed by atoms with Crippen molar-refractivity contribution in [3.8, 4) is 23.0 Å². The number of ether oxygens (including phenoxy) is 2. The summed E-state index contributed by atoms with van der Waals surface area (Å²) in [4.78, 5) is 25.6. The van der Waals surface area contributed by atoms with Crippen LogP contribution in [0, 0.1) is 0 Å². The number of carbonyl (C=O) groups excluding carboxylic acids is 2. The lowest BCUT2D eigenvalue weighted by atomic mass is 10.1. The maximum atomic E-state index is 13.9. The number of nitrogens with one attached hydrogen (secondary N) is 1. The summed E-state index contributed by atoms with van der Waals surface area (Å²) >= 11 is 11.6. The van der Waals surface area contributed by atoms with E-state index in [9.17, 15) is 41.0 Å². The van der Waals surface area contributed by atoms with Gasteiger partial charge in [0.25, 0.3) is 5.91 Å². The smallest absolute Gasteiger partial charge is 0.446 e. The first-order valence-electron chi connectivity index (χ1n) is 11.7. The largest absolute Gasteiger partial charge is 0.505 e. The monoisotopic (exact) mass is 661 g/mol. The lowest BCUT2D eigenvalue weighted by Crippen LogP contribution is -2.17. The van der Waals surface area contributed by atoms with Crippen LogP contribution in [0.15, 0.2) is 83.8 Å². The van der Waals surface area contributed by atoms with E-state index in [1.807, 2.05) is 0 Å². The third-order valence-corrected chi connectivity index (χ3v) is 6.78. The average molecular weight is 662 g/mol. The van der Waals surface area contributed by atoms with Crippen LogP contribution in [0.3, 0.4) is 0 Å². The third kappa shape index (κ3) is 8.06. The van der Waals surface area contributed by atoms with Crippen LogP contribution in [0.25, 0.3) is 0 Å². The maximum Gasteiger partial charge on any atom is 0.446 e. The SMILES string of the molecule is O=C(Oc1c(Cl)cccc1C(=O)Nc1ccc(Oc2ccc(SC(F)(F)F)cc2)c(C(F)(F)F)c1)c1cccc(Cl)c1O. The van der Waals surface area contributed by atoms with Crippen LogP contribution in [0.5, 0.6) is 23.0 Å². The van der Waals surface area contributed by atoms with Crippen LogP contribution < -0.4 is 14.8 Å². The van der Waals surface area contributed by atoms with Gasteiger partial charge in [0.05, 0.1) is 15.6 Å². The Hall–Kier alpha value is -4.07. The van der Waals surface area contributed by atoms with E-state index in [1.54, 1.807) is 0 Å². The highest BCUT2D eigenvalue weighted by Crippen LogP contribution is 2.41. The van der Waals surface area contributed by atoms with Crippen LogP contribution >= 0.6 is 35.0 Å². The Bertz CT molecular complexity index is 1680. The number of hydrogen-bond donors (Lipinski definition) is 2. The minimum atomic E-state index is -4.96. The number of carbonyl (C=O) groups is 2. The van der Waals surface area contributed by atoms with E-state index in [1.165, 1.54) is 36.4 Å². The fourth-order valence-corrected chi connectivity index (χ4v) is 4.50. The molecule has 1 amide bonds. The molecular formula is C28H15Cl2F6NO5S. The van der Waals surface area contributed by atoms with E-state index in [0.29, 0.717) is 6.07 Å². The highest BCUT2D eigenvalue weighted by Gasteiger charge is 2.35. The normalized spacial score (nSPS) is 11.6. The Labute approximate surface area is 253 Å². The van der Waals surface area contributed by atoms with E-state index in [-0.39, 0.29) is 37.5 Å². The predicted molar refractivity (Wildman–Crippen MR) is 147 cm³/mol. The number of anilines is 1. The molecule has 0 aliphatic heterocycles. The number of rotatable bonds is 7. The van der Waals surface area contributed by atoms with Gasteiger partial charge in [0.2, 0.25) is 0 Å². The van der Waals surface area contributed by atoms with Crippen molar-refractivity contribution >= 4 is 52.5 Å². The summed E-state index contributed by atoms with van der Waals surface area (Å²) in [5.74, 6) is -3.97. The summed E-state index contributed by atoms with van der Waals surface area (Å²) in [6.45, 7) is 0. The summed E-state index contributed by atoms with van der Waals surface area (Å²) in [5, 5.41) is 12.0. The number of halogens is 8. The number of esters is 1. The molecule has 4 rings (SSSR count). The summed E-state index contributed by atoms with van der Waals surface area (Å²) in [6, 6.07) is 14.6. The number of hydrogen-bond acceptors (Lipinski definition) is 6. The van der Waals surface area contributed by atoms with Crippen molar-refractivity contribution in [1.82, 2.24) is 0 Å². The van der Waals surface area contributed by atoms with Gasteiger partial charge in [-0.25, -0.2) is 4.79 Å². The molecule has 43 heavy (non-hydrogen) atoms. The van der Waals surface area contributed by atoms with Gasteiger partial charge >= 0.3 is 17.7 Å². The quantitative estimate of drug-likeness (QED) is 0.0888. The zero-order valence-electron chi connectivity index (χ0n) is 21.0. The number of aromatic hydroxyl groups is 1. The van der Waals surface area contributed by atoms with Crippen molar-refractivity contribution in [3.63, 3.8) is 0 Å². The molecule has 0 saturated heterocycles. The van der Waals surface area contributed by atoms with E-state index in [0.717, 1.165) is 36.4 Å². The fourth-order valence-electron chi connectivity index (χ4n) is 3.57. The molecule has 6 nitrogen and oxygen atoms in total. The minimum Gasteiger partial charge on any atom is -0.505 e. The number of thioether (sulfide) groups is 1. The second-order valence-corrected chi connectivity index (χ2v) is 10.4. The van der Waals surface area contributed by atoms with Crippen molar-refractivity contribution < 1.29 is 50.5 Å². The number of phenolic OH excluding ortho intramolecular Hbond substituents is 1. The Morgan fingerprint density at radius 2 is 1.44 bits per heavy atom. The highest BCUT2D eigenvalue weighted by atomic mass is 35.5. The molecule has 0 radical (unpaired) electrons. The van der Waals surface area contributed by atoms with Gasteiger partial charge in [0.1, 0.15) is 28.4 Å². The summed E-state index contributed by atoms with van der Waals surface area (Å²) in [5.41, 5.74) is -6.83. The number of amides is 1. The molecule has 2 N–H and O–H groups in total. The van der Waals surface area contributed by atoms with Gasteiger partial charge in [-0.15, -0.1) is 0 Å². The summed E-state index contributed by atoms with van der Waals surface area (Å²) in [6.07, 6.45) is -4.96. The van der Waals surface area contributed by atoms with Crippen molar-refractivity contribution in [1.29, 1.82) is 0 Å². The van der Waals surface area contributed by atoms with Crippen LogP contribution in [-0.2, 0) is 6.18 Å². The number of alkyl halides is 6. The second-order valence-electron chi connectivity index (χ2n) is 8.43. The first kappa shape index (κ1) is 31.9. The molecule has 0 aliphatic carbocycles. The molecule has 4 aromatic rings. The van der Waals surface area contributed by atoms with Crippen molar-refractivity contribution in [2.45, 2.75) is 16.6 Å². The third-order valence-electron chi connectivity index (χ3n) is 5.44. The number of benzene rings is 4. The highest BCUT2D eigenvalue weighted by molar-refractivity contribution is 8.00. The first-order valence-corrected chi connectivity index (χ1v) is 13.2. The van der Waals surface area contributed by atoms with E-state index >= 15 is 0 Å². The molecule has 0 aliphatic rings. The van der Waals surface area contributed by atoms with Gasteiger partial charge in [0, 0.05) is 10.6 Å². The lowest BCUT2D eigenvalue weighted by molar-refractivity contribution is -0.138. The number of para-hydroxylation sites is 2.